The van der Waals surface area contributed by atoms with E-state index in [1.807, 2.05) is 13.1 Å². The van der Waals surface area contributed by atoms with Crippen molar-refractivity contribution in [3.8, 4) is 0 Å². The molecular weight excluding hydrogens is 176 g/mol. The highest BCUT2D eigenvalue weighted by Gasteiger charge is 2.22. The summed E-state index contributed by atoms with van der Waals surface area (Å²) in [5.41, 5.74) is 0. The van der Waals surface area contributed by atoms with Crippen molar-refractivity contribution in [3.63, 3.8) is 0 Å². The Morgan fingerprint density at radius 2 is 2.21 bits per heavy atom. The average Bonchev–Trinajstić information content (AvgIpc) is 2.15. The van der Waals surface area contributed by atoms with Gasteiger partial charge in [0.1, 0.15) is 18.0 Å². The van der Waals surface area contributed by atoms with Gasteiger partial charge in [-0.1, -0.05) is 0 Å². The Kier molecular flexibility index (Phi) is 2.52. The summed E-state index contributed by atoms with van der Waals surface area (Å²) in [6.45, 7) is 0. The van der Waals surface area contributed by atoms with Crippen LogP contribution in [0.25, 0.3) is 0 Å². The van der Waals surface area contributed by atoms with E-state index in [0.717, 1.165) is 11.6 Å². The Bertz CT molecular complexity index is 309. The fourth-order valence-corrected chi connectivity index (χ4v) is 1.64. The van der Waals surface area contributed by atoms with E-state index in [0.29, 0.717) is 6.04 Å². The number of aromatic nitrogens is 2. The van der Waals surface area contributed by atoms with Crippen molar-refractivity contribution >= 4 is 11.6 Å². The van der Waals surface area contributed by atoms with Gasteiger partial charge in [-0.05, 0) is 19.3 Å². The summed E-state index contributed by atoms with van der Waals surface area (Å²) in [6.07, 6.45) is 5.53. The molecule has 14 heavy (non-hydrogen) atoms. The monoisotopic (exact) mass is 192 g/mol. The zero-order chi connectivity index (χ0) is 9.97. The molecule has 4 nitrogen and oxygen atoms in total. The van der Waals surface area contributed by atoms with Crippen LogP contribution in [-0.4, -0.2) is 30.1 Å². The largest absolute Gasteiger partial charge is 0.373 e. The van der Waals surface area contributed by atoms with Crippen molar-refractivity contribution in [3.05, 3.63) is 12.4 Å². The molecule has 4 heteroatoms. The molecule has 0 radical (unpaired) electrons. The van der Waals surface area contributed by atoms with Crippen LogP contribution >= 0.6 is 0 Å². The summed E-state index contributed by atoms with van der Waals surface area (Å²) in [7, 11) is 3.97. The first kappa shape index (κ1) is 9.24. The molecule has 0 unspecified atom stereocenters. The molecule has 1 aromatic rings. The molecule has 1 aliphatic carbocycles. The van der Waals surface area contributed by atoms with Gasteiger partial charge < -0.3 is 10.2 Å². The van der Waals surface area contributed by atoms with E-state index < -0.39 is 0 Å². The lowest BCUT2D eigenvalue weighted by molar-refractivity contribution is 0.399. The third-order valence-corrected chi connectivity index (χ3v) is 2.89. The Morgan fingerprint density at radius 1 is 1.43 bits per heavy atom. The van der Waals surface area contributed by atoms with Crippen molar-refractivity contribution in [2.75, 3.05) is 24.3 Å². The molecule has 2 rings (SSSR count). The first-order chi connectivity index (χ1) is 6.81. The number of nitrogens with zero attached hydrogens (tertiary/aromatic N) is 3. The van der Waals surface area contributed by atoms with Gasteiger partial charge in [0.25, 0.3) is 0 Å². The summed E-state index contributed by atoms with van der Waals surface area (Å²) in [6, 6.07) is 2.66. The Morgan fingerprint density at radius 3 is 2.79 bits per heavy atom. The molecule has 0 aromatic carbocycles. The topological polar surface area (TPSA) is 41.0 Å². The highest BCUT2D eigenvalue weighted by molar-refractivity contribution is 5.48. The van der Waals surface area contributed by atoms with Crippen LogP contribution in [0.4, 0.5) is 11.6 Å². The Hall–Kier alpha value is -1.32. The molecular formula is C10H16N4. The maximum atomic E-state index is 4.26. The van der Waals surface area contributed by atoms with Gasteiger partial charge in [-0.25, -0.2) is 9.97 Å². The van der Waals surface area contributed by atoms with Gasteiger partial charge in [0.2, 0.25) is 0 Å². The van der Waals surface area contributed by atoms with E-state index in [9.17, 15) is 0 Å². The van der Waals surface area contributed by atoms with Gasteiger partial charge in [0.15, 0.2) is 0 Å². The van der Waals surface area contributed by atoms with Gasteiger partial charge in [0, 0.05) is 26.2 Å². The SMILES string of the molecule is CNc1cc(N(C)C2CCC2)ncn1. The Balaban J connectivity index is 2.13. The third-order valence-electron chi connectivity index (χ3n) is 2.89. The minimum atomic E-state index is 0.676. The minimum Gasteiger partial charge on any atom is -0.373 e. The molecule has 0 bridgehead atoms. The second-order valence-corrected chi connectivity index (χ2v) is 3.71. The molecule has 0 saturated heterocycles. The van der Waals surface area contributed by atoms with Crippen LogP contribution in [0.2, 0.25) is 0 Å². The number of rotatable bonds is 3. The fraction of sp³-hybridized carbons (Fsp3) is 0.600. The maximum Gasteiger partial charge on any atom is 0.134 e. The number of anilines is 2. The van der Waals surface area contributed by atoms with Crippen molar-refractivity contribution in [2.45, 2.75) is 25.3 Å². The maximum absolute atomic E-state index is 4.26. The van der Waals surface area contributed by atoms with Crippen LogP contribution in [-0.2, 0) is 0 Å². The van der Waals surface area contributed by atoms with Gasteiger partial charge in [0.05, 0.1) is 0 Å². The Labute approximate surface area is 84.4 Å². The second-order valence-electron chi connectivity index (χ2n) is 3.71. The van der Waals surface area contributed by atoms with Gasteiger partial charge >= 0.3 is 0 Å². The predicted molar refractivity (Wildman–Crippen MR) is 57.6 cm³/mol. The van der Waals surface area contributed by atoms with Crippen LogP contribution in [0, 0.1) is 0 Å². The van der Waals surface area contributed by atoms with Crippen molar-refractivity contribution < 1.29 is 0 Å². The molecule has 1 aliphatic rings. The third kappa shape index (κ3) is 1.64. The van der Waals surface area contributed by atoms with Crippen molar-refractivity contribution in [1.29, 1.82) is 0 Å². The van der Waals surface area contributed by atoms with Gasteiger partial charge in [-0.15, -0.1) is 0 Å². The lowest BCUT2D eigenvalue weighted by Gasteiger charge is -2.35. The molecule has 1 saturated carbocycles. The van der Waals surface area contributed by atoms with Crippen LogP contribution in [0.5, 0.6) is 0 Å². The van der Waals surface area contributed by atoms with E-state index in [1.54, 1.807) is 6.33 Å². The standard InChI is InChI=1S/C10H16N4/c1-11-9-6-10(13-7-12-9)14(2)8-4-3-5-8/h6-8H,3-5H2,1-2H3,(H,11,12,13). The van der Waals surface area contributed by atoms with Crippen LogP contribution < -0.4 is 10.2 Å². The highest BCUT2D eigenvalue weighted by Crippen LogP contribution is 2.27. The first-order valence-electron chi connectivity index (χ1n) is 5.04. The normalized spacial score (nSPS) is 16.1. The van der Waals surface area contributed by atoms with E-state index >= 15 is 0 Å². The van der Waals surface area contributed by atoms with Crippen LogP contribution in [0.3, 0.4) is 0 Å². The molecule has 0 spiro atoms. The second kappa shape index (κ2) is 3.82. The highest BCUT2D eigenvalue weighted by atomic mass is 15.2. The quantitative estimate of drug-likeness (QED) is 0.788. The number of nitrogens with one attached hydrogen (secondary N) is 1. The van der Waals surface area contributed by atoms with Gasteiger partial charge in [-0.3, -0.25) is 0 Å². The summed E-state index contributed by atoms with van der Waals surface area (Å²) in [5.74, 6) is 1.88. The van der Waals surface area contributed by atoms with Crippen LogP contribution in [0.15, 0.2) is 12.4 Å². The van der Waals surface area contributed by atoms with Crippen molar-refractivity contribution in [2.24, 2.45) is 0 Å². The molecule has 0 atom stereocenters. The van der Waals surface area contributed by atoms with Gasteiger partial charge in [-0.2, -0.15) is 0 Å². The average molecular weight is 192 g/mol. The zero-order valence-corrected chi connectivity index (χ0v) is 8.70. The molecule has 0 amide bonds. The number of hydrogen-bond acceptors (Lipinski definition) is 4. The van der Waals surface area contributed by atoms with Crippen LogP contribution in [0.1, 0.15) is 19.3 Å². The molecule has 76 valence electrons. The van der Waals surface area contributed by atoms with E-state index in [4.69, 9.17) is 0 Å². The van der Waals surface area contributed by atoms with E-state index in [2.05, 4.69) is 27.2 Å². The summed E-state index contributed by atoms with van der Waals surface area (Å²) in [4.78, 5) is 10.6. The smallest absolute Gasteiger partial charge is 0.134 e. The number of hydrogen-bond donors (Lipinski definition) is 1. The van der Waals surface area contributed by atoms with E-state index in [1.165, 1.54) is 19.3 Å². The summed E-state index contributed by atoms with van der Waals surface area (Å²) < 4.78 is 0. The van der Waals surface area contributed by atoms with Crippen molar-refractivity contribution in [1.82, 2.24) is 9.97 Å². The minimum absolute atomic E-state index is 0.676. The molecule has 1 N–H and O–H groups in total. The molecule has 1 fully saturated rings. The summed E-state index contributed by atoms with van der Waals surface area (Å²) >= 11 is 0. The predicted octanol–water partition coefficient (Wildman–Crippen LogP) is 1.51. The van der Waals surface area contributed by atoms with E-state index in [-0.39, 0.29) is 0 Å². The lowest BCUT2D eigenvalue weighted by atomic mass is 9.92. The fourth-order valence-electron chi connectivity index (χ4n) is 1.64. The summed E-state index contributed by atoms with van der Waals surface area (Å²) in [5, 5.41) is 3.02. The molecule has 1 aromatic heterocycles. The zero-order valence-electron chi connectivity index (χ0n) is 8.70. The lowest BCUT2D eigenvalue weighted by Crippen LogP contribution is -2.37. The molecule has 0 aliphatic heterocycles. The molecule has 1 heterocycles. The first-order valence-corrected chi connectivity index (χ1v) is 5.04.